The lowest BCUT2D eigenvalue weighted by Gasteiger charge is -2.37. The van der Waals surface area contributed by atoms with E-state index in [0.29, 0.717) is 11.6 Å². The molecule has 2 atom stereocenters. The largest absolute Gasteiger partial charge is 0.326 e. The van der Waals surface area contributed by atoms with Crippen molar-refractivity contribution in [3.05, 3.63) is 23.8 Å². The Hall–Kier alpha value is -1.92. The molecule has 2 N–H and O–H groups in total. The van der Waals surface area contributed by atoms with E-state index in [1.165, 1.54) is 11.3 Å². The van der Waals surface area contributed by atoms with Crippen LogP contribution in [-0.2, 0) is 14.4 Å². The zero-order valence-corrected chi connectivity index (χ0v) is 16.4. The highest BCUT2D eigenvalue weighted by Gasteiger charge is 2.49. The first-order valence-electron chi connectivity index (χ1n) is 9.50. The van der Waals surface area contributed by atoms with Crippen LogP contribution < -0.4 is 15.5 Å². The first-order chi connectivity index (χ1) is 12.5. The van der Waals surface area contributed by atoms with E-state index in [9.17, 15) is 14.4 Å². The van der Waals surface area contributed by atoms with Crippen LogP contribution in [0, 0.1) is 18.3 Å². The van der Waals surface area contributed by atoms with Gasteiger partial charge in [0.25, 0.3) is 0 Å². The highest BCUT2D eigenvalue weighted by Crippen LogP contribution is 2.44. The van der Waals surface area contributed by atoms with Gasteiger partial charge in [0.15, 0.2) is 0 Å². The summed E-state index contributed by atoms with van der Waals surface area (Å²) >= 11 is 0. The number of fused-ring (bicyclic) bond motifs is 1. The Kier molecular flexibility index (Phi) is 5.58. The number of nitrogens with zero attached hydrogens (tertiary/aromatic N) is 1. The molecule has 1 aromatic rings. The fourth-order valence-electron chi connectivity index (χ4n) is 4.78. The van der Waals surface area contributed by atoms with E-state index in [1.807, 2.05) is 13.0 Å². The molecule has 0 bridgehead atoms. The Balaban J connectivity index is 0.00000210. The van der Waals surface area contributed by atoms with Crippen molar-refractivity contribution in [3.63, 3.8) is 0 Å². The van der Waals surface area contributed by atoms with Gasteiger partial charge in [-0.3, -0.25) is 19.3 Å². The summed E-state index contributed by atoms with van der Waals surface area (Å²) in [6.45, 7) is 3.53. The number of hydrogen-bond acceptors (Lipinski definition) is 4. The molecule has 2 aliphatic heterocycles. The number of halogens is 1. The lowest BCUT2D eigenvalue weighted by Crippen LogP contribution is -2.44. The molecule has 4 rings (SSSR count). The van der Waals surface area contributed by atoms with Crippen LogP contribution in [0.3, 0.4) is 0 Å². The highest BCUT2D eigenvalue weighted by atomic mass is 35.5. The number of rotatable bonds is 3. The second kappa shape index (κ2) is 7.60. The van der Waals surface area contributed by atoms with Gasteiger partial charge in [0.2, 0.25) is 17.7 Å². The molecule has 3 amide bonds. The SMILES string of the molecule is Cc1cc(NC(=O)[C@@]23CCCC[C@H]2CNC3)ccc1N1C(=O)CCC1=O.Cl. The average molecular weight is 392 g/mol. The van der Waals surface area contributed by atoms with Crippen LogP contribution in [0.2, 0.25) is 0 Å². The molecule has 6 nitrogen and oxygen atoms in total. The summed E-state index contributed by atoms with van der Waals surface area (Å²) in [5.41, 5.74) is 1.85. The monoisotopic (exact) mass is 391 g/mol. The van der Waals surface area contributed by atoms with Crippen molar-refractivity contribution < 1.29 is 14.4 Å². The number of nitrogens with one attached hydrogen (secondary N) is 2. The smallest absolute Gasteiger partial charge is 0.234 e. The highest BCUT2D eigenvalue weighted by molar-refractivity contribution is 6.20. The van der Waals surface area contributed by atoms with Crippen molar-refractivity contribution in [1.29, 1.82) is 0 Å². The molecule has 7 heteroatoms. The van der Waals surface area contributed by atoms with Gasteiger partial charge < -0.3 is 10.6 Å². The Bertz CT molecular complexity index is 766. The van der Waals surface area contributed by atoms with Gasteiger partial charge in [-0.05, 0) is 56.0 Å². The summed E-state index contributed by atoms with van der Waals surface area (Å²) < 4.78 is 0. The molecule has 0 spiro atoms. The number of hydrogen-bond donors (Lipinski definition) is 2. The maximum Gasteiger partial charge on any atom is 0.234 e. The average Bonchev–Trinajstić information content (AvgIpc) is 3.20. The van der Waals surface area contributed by atoms with Gasteiger partial charge in [-0.2, -0.15) is 0 Å². The molecule has 0 aromatic heterocycles. The van der Waals surface area contributed by atoms with Crippen molar-refractivity contribution in [2.75, 3.05) is 23.3 Å². The summed E-state index contributed by atoms with van der Waals surface area (Å²) in [4.78, 5) is 38.2. The number of anilines is 2. The Labute approximate surface area is 165 Å². The Morgan fingerprint density at radius 3 is 2.67 bits per heavy atom. The minimum atomic E-state index is -0.300. The van der Waals surface area contributed by atoms with Gasteiger partial charge in [-0.15, -0.1) is 12.4 Å². The van der Waals surface area contributed by atoms with Crippen LogP contribution in [0.15, 0.2) is 18.2 Å². The molecular formula is C20H26ClN3O3. The summed E-state index contributed by atoms with van der Waals surface area (Å²) in [6.07, 6.45) is 4.89. The van der Waals surface area contributed by atoms with E-state index in [2.05, 4.69) is 10.6 Å². The Morgan fingerprint density at radius 1 is 1.22 bits per heavy atom. The third-order valence-electron chi connectivity index (χ3n) is 6.24. The standard InChI is InChI=1S/C20H25N3O3.ClH/c1-13-10-15(5-6-16(13)23-17(24)7-8-18(23)25)22-19(26)20-9-3-2-4-14(20)11-21-12-20;/h5-6,10,14,21H,2-4,7-9,11-12H2,1H3,(H,22,26);1H/t14-,20+;/m0./s1. The van der Waals surface area contributed by atoms with Crippen LogP contribution >= 0.6 is 12.4 Å². The van der Waals surface area contributed by atoms with Gasteiger partial charge in [-0.25, -0.2) is 0 Å². The number of carbonyl (C=O) groups is 3. The van der Waals surface area contributed by atoms with E-state index < -0.39 is 0 Å². The molecule has 2 saturated heterocycles. The third kappa shape index (κ3) is 3.36. The lowest BCUT2D eigenvalue weighted by atomic mass is 9.67. The molecule has 1 aromatic carbocycles. The van der Waals surface area contributed by atoms with Gasteiger partial charge in [0.05, 0.1) is 11.1 Å². The third-order valence-corrected chi connectivity index (χ3v) is 6.24. The molecule has 0 unspecified atom stereocenters. The lowest BCUT2D eigenvalue weighted by molar-refractivity contribution is -0.128. The fourth-order valence-corrected chi connectivity index (χ4v) is 4.78. The van der Waals surface area contributed by atoms with Gasteiger partial charge in [0.1, 0.15) is 0 Å². The second-order valence-corrected chi connectivity index (χ2v) is 7.81. The minimum Gasteiger partial charge on any atom is -0.326 e. The summed E-state index contributed by atoms with van der Waals surface area (Å²) in [5, 5.41) is 6.48. The van der Waals surface area contributed by atoms with Crippen LogP contribution in [0.5, 0.6) is 0 Å². The molecule has 0 radical (unpaired) electrons. The zero-order valence-electron chi connectivity index (χ0n) is 15.5. The van der Waals surface area contributed by atoms with Gasteiger partial charge in [-0.1, -0.05) is 12.8 Å². The molecule has 146 valence electrons. The number of carbonyl (C=O) groups excluding carboxylic acids is 3. The normalized spacial score (nSPS) is 27.3. The predicted molar refractivity (Wildman–Crippen MR) is 106 cm³/mol. The van der Waals surface area contributed by atoms with Crippen LogP contribution in [0.4, 0.5) is 11.4 Å². The quantitative estimate of drug-likeness (QED) is 0.776. The number of aryl methyl sites for hydroxylation is 1. The fraction of sp³-hybridized carbons (Fsp3) is 0.550. The summed E-state index contributed by atoms with van der Waals surface area (Å²) in [5.74, 6) is 0.191. The predicted octanol–water partition coefficient (Wildman–Crippen LogP) is 2.79. The van der Waals surface area contributed by atoms with Crippen molar-refractivity contribution in [2.45, 2.75) is 45.4 Å². The zero-order chi connectivity index (χ0) is 18.3. The maximum atomic E-state index is 13.1. The maximum absolute atomic E-state index is 13.1. The molecular weight excluding hydrogens is 366 g/mol. The molecule has 27 heavy (non-hydrogen) atoms. The first kappa shape index (κ1) is 19.8. The molecule has 1 saturated carbocycles. The summed E-state index contributed by atoms with van der Waals surface area (Å²) in [6, 6.07) is 5.40. The molecule has 2 heterocycles. The summed E-state index contributed by atoms with van der Waals surface area (Å²) in [7, 11) is 0. The first-order valence-corrected chi connectivity index (χ1v) is 9.50. The van der Waals surface area contributed by atoms with Crippen LogP contribution in [-0.4, -0.2) is 30.8 Å². The van der Waals surface area contributed by atoms with E-state index in [0.717, 1.165) is 43.6 Å². The van der Waals surface area contributed by atoms with E-state index >= 15 is 0 Å². The van der Waals surface area contributed by atoms with Crippen LogP contribution in [0.1, 0.15) is 44.1 Å². The van der Waals surface area contributed by atoms with E-state index in [1.54, 1.807) is 12.1 Å². The minimum absolute atomic E-state index is 0. The second-order valence-electron chi connectivity index (χ2n) is 7.81. The van der Waals surface area contributed by atoms with Gasteiger partial charge >= 0.3 is 0 Å². The molecule has 3 aliphatic rings. The van der Waals surface area contributed by atoms with Crippen molar-refractivity contribution in [1.82, 2.24) is 5.32 Å². The molecule has 1 aliphatic carbocycles. The topological polar surface area (TPSA) is 78.5 Å². The number of amides is 3. The Morgan fingerprint density at radius 2 is 1.96 bits per heavy atom. The van der Waals surface area contributed by atoms with Crippen molar-refractivity contribution in [3.8, 4) is 0 Å². The number of benzene rings is 1. The van der Waals surface area contributed by atoms with Crippen molar-refractivity contribution >= 4 is 41.5 Å². The van der Waals surface area contributed by atoms with E-state index in [-0.39, 0.29) is 48.4 Å². The number of imide groups is 1. The van der Waals surface area contributed by atoms with Crippen LogP contribution in [0.25, 0.3) is 0 Å². The van der Waals surface area contributed by atoms with Crippen molar-refractivity contribution in [2.24, 2.45) is 11.3 Å². The van der Waals surface area contributed by atoms with Gasteiger partial charge in [0, 0.05) is 25.1 Å². The molecule has 3 fully saturated rings. The van der Waals surface area contributed by atoms with E-state index in [4.69, 9.17) is 0 Å².